The van der Waals surface area contributed by atoms with Crippen LogP contribution in [0.25, 0.3) is 11.0 Å². The molecule has 2 aromatic heterocycles. The maximum absolute atomic E-state index is 11.0. The summed E-state index contributed by atoms with van der Waals surface area (Å²) in [6.07, 6.45) is 1.59. The molecule has 66 valence electrons. The Hall–Kier alpha value is -1.84. The van der Waals surface area contributed by atoms with E-state index in [1.807, 2.05) is 6.92 Å². The van der Waals surface area contributed by atoms with Crippen LogP contribution in [0.15, 0.2) is 23.1 Å². The van der Waals surface area contributed by atoms with Gasteiger partial charge in [0.15, 0.2) is 0 Å². The van der Waals surface area contributed by atoms with Crippen LogP contribution in [0.5, 0.6) is 5.75 Å². The van der Waals surface area contributed by atoms with Crippen molar-refractivity contribution in [3.63, 3.8) is 0 Å². The summed E-state index contributed by atoms with van der Waals surface area (Å²) >= 11 is 0. The van der Waals surface area contributed by atoms with Crippen LogP contribution >= 0.6 is 0 Å². The van der Waals surface area contributed by atoms with Gasteiger partial charge in [-0.25, -0.2) is 4.98 Å². The van der Waals surface area contributed by atoms with Gasteiger partial charge in [-0.1, -0.05) is 0 Å². The van der Waals surface area contributed by atoms with E-state index in [1.165, 1.54) is 0 Å². The van der Waals surface area contributed by atoms with Crippen LogP contribution in [0, 0.1) is 6.92 Å². The molecule has 0 saturated carbocycles. The Morgan fingerprint density at radius 2 is 2.31 bits per heavy atom. The van der Waals surface area contributed by atoms with E-state index < -0.39 is 0 Å². The van der Waals surface area contributed by atoms with Crippen LogP contribution in [-0.2, 0) is 0 Å². The summed E-state index contributed by atoms with van der Waals surface area (Å²) in [7, 11) is 0. The molecule has 0 amide bonds. The highest BCUT2D eigenvalue weighted by Gasteiger charge is 2.04. The van der Waals surface area contributed by atoms with Gasteiger partial charge < -0.3 is 10.1 Å². The van der Waals surface area contributed by atoms with Gasteiger partial charge in [-0.2, -0.15) is 0 Å². The quantitative estimate of drug-likeness (QED) is 0.627. The Bertz CT molecular complexity index is 516. The molecule has 2 N–H and O–H groups in total. The molecule has 0 unspecified atom stereocenters. The fraction of sp³-hybridized carbons (Fsp3) is 0.111. The van der Waals surface area contributed by atoms with E-state index in [0.29, 0.717) is 11.0 Å². The molecule has 0 radical (unpaired) electrons. The molecule has 4 nitrogen and oxygen atoms in total. The van der Waals surface area contributed by atoms with Gasteiger partial charge in [0.1, 0.15) is 11.4 Å². The lowest BCUT2D eigenvalue weighted by atomic mass is 10.2. The van der Waals surface area contributed by atoms with Crippen LogP contribution in [0.3, 0.4) is 0 Å². The number of aromatic hydroxyl groups is 1. The number of rotatable bonds is 0. The second kappa shape index (κ2) is 2.58. The first-order chi connectivity index (χ1) is 6.18. The van der Waals surface area contributed by atoms with Gasteiger partial charge in [0.2, 0.25) is 0 Å². The highest BCUT2D eigenvalue weighted by Crippen LogP contribution is 2.21. The molecule has 0 aliphatic rings. The average molecular weight is 176 g/mol. The van der Waals surface area contributed by atoms with Crippen molar-refractivity contribution in [2.45, 2.75) is 6.92 Å². The maximum Gasteiger partial charge on any atom is 0.253 e. The average Bonchev–Trinajstić information content (AvgIpc) is 2.02. The monoisotopic (exact) mass is 176 g/mol. The number of aromatic amines is 1. The number of nitrogens with one attached hydrogen (secondary N) is 1. The standard InChI is InChI=1S/C9H8N2O2/c1-5-2-3-10-9-8(5)6(12)4-7(13)11-9/h2-4H,1H3,(H2,10,11,12,13). The molecule has 13 heavy (non-hydrogen) atoms. The zero-order valence-electron chi connectivity index (χ0n) is 7.03. The molecule has 2 rings (SSSR count). The summed E-state index contributed by atoms with van der Waals surface area (Å²) in [6.45, 7) is 1.85. The van der Waals surface area contributed by atoms with Crippen LogP contribution in [0.4, 0.5) is 0 Å². The first kappa shape index (κ1) is 7.79. The second-order valence-electron chi connectivity index (χ2n) is 2.87. The number of pyridine rings is 2. The van der Waals surface area contributed by atoms with E-state index in [9.17, 15) is 9.90 Å². The van der Waals surface area contributed by atoms with E-state index in [1.54, 1.807) is 12.3 Å². The van der Waals surface area contributed by atoms with E-state index in [4.69, 9.17) is 0 Å². The topological polar surface area (TPSA) is 66.0 Å². The van der Waals surface area contributed by atoms with Gasteiger partial charge in [0.05, 0.1) is 5.39 Å². The molecule has 2 heterocycles. The number of nitrogens with zero attached hydrogens (tertiary/aromatic N) is 1. The largest absolute Gasteiger partial charge is 0.507 e. The third-order valence-electron chi connectivity index (χ3n) is 1.92. The summed E-state index contributed by atoms with van der Waals surface area (Å²) in [6, 6.07) is 2.93. The Morgan fingerprint density at radius 1 is 1.54 bits per heavy atom. The molecule has 0 bridgehead atoms. The van der Waals surface area contributed by atoms with Gasteiger partial charge in [0, 0.05) is 12.3 Å². The van der Waals surface area contributed by atoms with Crippen molar-refractivity contribution in [1.29, 1.82) is 0 Å². The smallest absolute Gasteiger partial charge is 0.253 e. The third-order valence-corrected chi connectivity index (χ3v) is 1.92. The van der Waals surface area contributed by atoms with Crippen molar-refractivity contribution < 1.29 is 5.11 Å². The molecule has 2 aromatic rings. The summed E-state index contributed by atoms with van der Waals surface area (Å²) < 4.78 is 0. The molecule has 0 fully saturated rings. The van der Waals surface area contributed by atoms with Crippen molar-refractivity contribution in [2.24, 2.45) is 0 Å². The predicted molar refractivity (Wildman–Crippen MR) is 48.8 cm³/mol. The fourth-order valence-corrected chi connectivity index (χ4v) is 1.33. The Balaban J connectivity index is 3.03. The van der Waals surface area contributed by atoms with E-state index in [0.717, 1.165) is 11.6 Å². The minimum atomic E-state index is -0.344. The molecule has 0 saturated heterocycles. The highest BCUT2D eigenvalue weighted by atomic mass is 16.3. The number of aromatic nitrogens is 2. The van der Waals surface area contributed by atoms with E-state index >= 15 is 0 Å². The van der Waals surface area contributed by atoms with Crippen molar-refractivity contribution in [3.8, 4) is 5.75 Å². The summed E-state index contributed by atoms with van der Waals surface area (Å²) in [5.74, 6) is -0.0237. The van der Waals surface area contributed by atoms with Gasteiger partial charge in [0.25, 0.3) is 5.56 Å². The number of H-pyrrole nitrogens is 1. The van der Waals surface area contributed by atoms with Gasteiger partial charge in [-0.15, -0.1) is 0 Å². The zero-order chi connectivity index (χ0) is 9.42. The Labute approximate surface area is 73.9 Å². The lowest BCUT2D eigenvalue weighted by Gasteiger charge is -2.01. The van der Waals surface area contributed by atoms with Crippen LogP contribution in [0.1, 0.15) is 5.56 Å². The van der Waals surface area contributed by atoms with Crippen LogP contribution in [-0.4, -0.2) is 15.1 Å². The minimum absolute atomic E-state index is 0.0237. The fourth-order valence-electron chi connectivity index (χ4n) is 1.33. The summed E-state index contributed by atoms with van der Waals surface area (Å²) in [5.41, 5.74) is 0.965. The lowest BCUT2D eigenvalue weighted by Crippen LogP contribution is -2.04. The van der Waals surface area contributed by atoms with Crippen LogP contribution < -0.4 is 5.56 Å². The first-order valence-electron chi connectivity index (χ1n) is 3.86. The Morgan fingerprint density at radius 3 is 3.08 bits per heavy atom. The van der Waals surface area contributed by atoms with Gasteiger partial charge in [-0.3, -0.25) is 4.79 Å². The molecule has 4 heteroatoms. The molecule has 0 atom stereocenters. The minimum Gasteiger partial charge on any atom is -0.507 e. The number of fused-ring (bicyclic) bond motifs is 1. The zero-order valence-corrected chi connectivity index (χ0v) is 7.03. The highest BCUT2D eigenvalue weighted by molar-refractivity contribution is 5.84. The molecule has 0 aliphatic carbocycles. The van der Waals surface area contributed by atoms with Crippen molar-refractivity contribution in [1.82, 2.24) is 9.97 Å². The van der Waals surface area contributed by atoms with Crippen molar-refractivity contribution in [2.75, 3.05) is 0 Å². The molecule has 0 aromatic carbocycles. The predicted octanol–water partition coefficient (Wildman–Crippen LogP) is 0.937. The molecule has 0 aliphatic heterocycles. The van der Waals surface area contributed by atoms with Crippen molar-refractivity contribution in [3.05, 3.63) is 34.2 Å². The summed E-state index contributed by atoms with van der Waals surface area (Å²) in [5, 5.41) is 10.1. The van der Waals surface area contributed by atoms with E-state index in [2.05, 4.69) is 9.97 Å². The van der Waals surface area contributed by atoms with Crippen molar-refractivity contribution >= 4 is 11.0 Å². The van der Waals surface area contributed by atoms with E-state index in [-0.39, 0.29) is 11.3 Å². The second-order valence-corrected chi connectivity index (χ2v) is 2.87. The first-order valence-corrected chi connectivity index (χ1v) is 3.86. The number of hydrogen-bond donors (Lipinski definition) is 2. The summed E-state index contributed by atoms with van der Waals surface area (Å²) in [4.78, 5) is 17.5. The van der Waals surface area contributed by atoms with Crippen LogP contribution in [0.2, 0.25) is 0 Å². The lowest BCUT2D eigenvalue weighted by molar-refractivity contribution is 0.480. The van der Waals surface area contributed by atoms with Gasteiger partial charge >= 0.3 is 0 Å². The van der Waals surface area contributed by atoms with Gasteiger partial charge in [-0.05, 0) is 18.6 Å². The number of aryl methyl sites for hydroxylation is 1. The normalized spacial score (nSPS) is 10.5. The SMILES string of the molecule is Cc1ccnc2[nH]c(=O)cc(O)c12. The molecule has 0 spiro atoms. The number of hydrogen-bond acceptors (Lipinski definition) is 3. The molecular formula is C9H8N2O2. The third kappa shape index (κ3) is 1.16. The Kier molecular flexibility index (Phi) is 1.55. The molecular weight excluding hydrogens is 168 g/mol. The maximum atomic E-state index is 11.0.